The van der Waals surface area contributed by atoms with Gasteiger partial charge in [0.1, 0.15) is 0 Å². The van der Waals surface area contributed by atoms with Gasteiger partial charge < -0.3 is 5.32 Å². The first-order valence-corrected chi connectivity index (χ1v) is 9.22. The molecule has 114 valence electrons. The van der Waals surface area contributed by atoms with Gasteiger partial charge in [0.15, 0.2) is 0 Å². The molecule has 0 aliphatic carbocycles. The van der Waals surface area contributed by atoms with Crippen molar-refractivity contribution in [2.24, 2.45) is 5.92 Å². The van der Waals surface area contributed by atoms with Gasteiger partial charge in [-0.05, 0) is 30.0 Å². The summed E-state index contributed by atoms with van der Waals surface area (Å²) in [5.41, 5.74) is 2.64. The van der Waals surface area contributed by atoms with Crippen LogP contribution >= 0.6 is 0 Å². The third-order valence-corrected chi connectivity index (χ3v) is 4.99. The molecular weight excluding hydrogens is 266 g/mol. The molecule has 0 aliphatic heterocycles. The van der Waals surface area contributed by atoms with E-state index in [2.05, 4.69) is 57.3 Å². The second kappa shape index (κ2) is 9.30. The normalized spacial score (nSPS) is 14.4. The average Bonchev–Trinajstić information content (AvgIpc) is 2.38. The molecule has 0 radical (unpaired) electrons. The van der Waals surface area contributed by atoms with Crippen LogP contribution in [0.15, 0.2) is 24.3 Å². The van der Waals surface area contributed by atoms with E-state index in [1.54, 1.807) is 0 Å². The zero-order chi connectivity index (χ0) is 15.0. The molecule has 0 fully saturated rings. The van der Waals surface area contributed by atoms with Crippen molar-refractivity contribution in [2.75, 3.05) is 18.1 Å². The van der Waals surface area contributed by atoms with Crippen molar-refractivity contribution < 1.29 is 4.21 Å². The summed E-state index contributed by atoms with van der Waals surface area (Å²) in [5, 5.41) is 3.46. The quantitative estimate of drug-likeness (QED) is 0.753. The first-order chi connectivity index (χ1) is 9.56. The van der Waals surface area contributed by atoms with E-state index < -0.39 is 10.8 Å². The van der Waals surface area contributed by atoms with Crippen molar-refractivity contribution in [1.29, 1.82) is 0 Å². The SMILES string of the molecule is CCCc1ccc(C(CS(=O)CC(C)C)NCC)cc1. The summed E-state index contributed by atoms with van der Waals surface area (Å²) in [7, 11) is -0.753. The highest BCUT2D eigenvalue weighted by atomic mass is 32.2. The van der Waals surface area contributed by atoms with Crippen LogP contribution in [0.3, 0.4) is 0 Å². The molecule has 2 atom stereocenters. The number of aryl methyl sites for hydroxylation is 1. The van der Waals surface area contributed by atoms with Crippen molar-refractivity contribution >= 4 is 10.8 Å². The van der Waals surface area contributed by atoms with Crippen LogP contribution in [0.2, 0.25) is 0 Å². The van der Waals surface area contributed by atoms with Crippen LogP contribution in [0.1, 0.15) is 51.3 Å². The van der Waals surface area contributed by atoms with Crippen LogP contribution in [0, 0.1) is 5.92 Å². The maximum Gasteiger partial charge on any atom is 0.0436 e. The fraction of sp³-hybridized carbons (Fsp3) is 0.647. The van der Waals surface area contributed by atoms with Gasteiger partial charge in [0.25, 0.3) is 0 Å². The third-order valence-electron chi connectivity index (χ3n) is 3.24. The Hall–Kier alpha value is -0.670. The first-order valence-electron chi connectivity index (χ1n) is 7.74. The fourth-order valence-corrected chi connectivity index (χ4v) is 3.91. The lowest BCUT2D eigenvalue weighted by atomic mass is 10.0. The predicted octanol–water partition coefficient (Wildman–Crippen LogP) is 3.69. The van der Waals surface area contributed by atoms with Crippen LogP contribution < -0.4 is 5.32 Å². The molecule has 0 saturated carbocycles. The van der Waals surface area contributed by atoms with Crippen molar-refractivity contribution in [2.45, 2.75) is 46.6 Å². The highest BCUT2D eigenvalue weighted by molar-refractivity contribution is 7.85. The predicted molar refractivity (Wildman–Crippen MR) is 89.6 cm³/mol. The van der Waals surface area contributed by atoms with Crippen LogP contribution in [0.5, 0.6) is 0 Å². The largest absolute Gasteiger partial charge is 0.309 e. The van der Waals surface area contributed by atoms with E-state index in [9.17, 15) is 4.21 Å². The first kappa shape index (κ1) is 17.4. The standard InChI is InChI=1S/C17H29NOS/c1-5-7-15-8-10-16(11-9-15)17(18-6-2)13-20(19)12-14(3)4/h8-11,14,17-18H,5-7,12-13H2,1-4H3. The van der Waals surface area contributed by atoms with Gasteiger partial charge in [0, 0.05) is 28.3 Å². The van der Waals surface area contributed by atoms with E-state index in [1.165, 1.54) is 17.5 Å². The molecule has 2 unspecified atom stereocenters. The molecule has 1 aromatic carbocycles. The van der Waals surface area contributed by atoms with E-state index in [-0.39, 0.29) is 6.04 Å². The minimum absolute atomic E-state index is 0.204. The summed E-state index contributed by atoms with van der Waals surface area (Å²) < 4.78 is 12.2. The third kappa shape index (κ3) is 6.19. The summed E-state index contributed by atoms with van der Waals surface area (Å²) in [6.07, 6.45) is 2.31. The highest BCUT2D eigenvalue weighted by Crippen LogP contribution is 2.17. The molecular formula is C17H29NOS. The summed E-state index contributed by atoms with van der Waals surface area (Å²) >= 11 is 0. The Labute approximate surface area is 126 Å². The molecule has 3 heteroatoms. The monoisotopic (exact) mass is 295 g/mol. The summed E-state index contributed by atoms with van der Waals surface area (Å²) in [6.45, 7) is 9.45. The molecule has 0 aromatic heterocycles. The molecule has 0 spiro atoms. The van der Waals surface area contributed by atoms with E-state index in [1.807, 2.05) is 0 Å². The van der Waals surface area contributed by atoms with E-state index in [4.69, 9.17) is 0 Å². The maximum absolute atomic E-state index is 12.2. The van der Waals surface area contributed by atoms with Gasteiger partial charge in [-0.2, -0.15) is 0 Å². The zero-order valence-corrected chi connectivity index (χ0v) is 14.1. The molecule has 0 aliphatic rings. The number of hydrogen-bond donors (Lipinski definition) is 1. The zero-order valence-electron chi connectivity index (χ0n) is 13.3. The summed E-state index contributed by atoms with van der Waals surface area (Å²) in [4.78, 5) is 0. The van der Waals surface area contributed by atoms with Crippen molar-refractivity contribution in [3.63, 3.8) is 0 Å². The molecule has 2 nitrogen and oxygen atoms in total. The van der Waals surface area contributed by atoms with Gasteiger partial charge in [0.05, 0.1) is 0 Å². The molecule has 0 heterocycles. The molecule has 0 bridgehead atoms. The highest BCUT2D eigenvalue weighted by Gasteiger charge is 2.14. The topological polar surface area (TPSA) is 29.1 Å². The van der Waals surface area contributed by atoms with Crippen molar-refractivity contribution in [1.82, 2.24) is 5.32 Å². The maximum atomic E-state index is 12.2. The smallest absolute Gasteiger partial charge is 0.0436 e. The van der Waals surface area contributed by atoms with Crippen LogP contribution in [0.4, 0.5) is 0 Å². The number of benzene rings is 1. The molecule has 0 saturated heterocycles. The minimum Gasteiger partial charge on any atom is -0.309 e. The summed E-state index contributed by atoms with van der Waals surface area (Å²) in [5.74, 6) is 1.99. The Morgan fingerprint density at radius 2 is 1.75 bits per heavy atom. The van der Waals surface area contributed by atoms with Crippen LogP contribution in [-0.4, -0.2) is 22.3 Å². The van der Waals surface area contributed by atoms with Gasteiger partial charge in [-0.3, -0.25) is 4.21 Å². The van der Waals surface area contributed by atoms with E-state index in [0.29, 0.717) is 11.7 Å². The van der Waals surface area contributed by atoms with Gasteiger partial charge in [-0.25, -0.2) is 0 Å². The lowest BCUT2D eigenvalue weighted by Gasteiger charge is -2.19. The van der Waals surface area contributed by atoms with Gasteiger partial charge in [0.2, 0.25) is 0 Å². The second-order valence-electron chi connectivity index (χ2n) is 5.77. The van der Waals surface area contributed by atoms with Crippen LogP contribution in [-0.2, 0) is 17.2 Å². The lowest BCUT2D eigenvalue weighted by Crippen LogP contribution is -2.27. The van der Waals surface area contributed by atoms with Gasteiger partial charge in [-0.1, -0.05) is 58.4 Å². The Balaban J connectivity index is 2.71. The van der Waals surface area contributed by atoms with E-state index in [0.717, 1.165) is 18.7 Å². The minimum atomic E-state index is -0.753. The average molecular weight is 295 g/mol. The Bertz CT molecular complexity index is 400. The Morgan fingerprint density at radius 3 is 2.25 bits per heavy atom. The molecule has 1 rings (SSSR count). The number of nitrogens with one attached hydrogen (secondary N) is 1. The molecule has 20 heavy (non-hydrogen) atoms. The number of hydrogen-bond acceptors (Lipinski definition) is 2. The Morgan fingerprint density at radius 1 is 1.10 bits per heavy atom. The molecule has 1 aromatic rings. The van der Waals surface area contributed by atoms with Crippen molar-refractivity contribution in [3.05, 3.63) is 35.4 Å². The van der Waals surface area contributed by atoms with E-state index >= 15 is 0 Å². The van der Waals surface area contributed by atoms with Crippen molar-refractivity contribution in [3.8, 4) is 0 Å². The van der Waals surface area contributed by atoms with Gasteiger partial charge in [-0.15, -0.1) is 0 Å². The lowest BCUT2D eigenvalue weighted by molar-refractivity contribution is 0.590. The van der Waals surface area contributed by atoms with Crippen LogP contribution in [0.25, 0.3) is 0 Å². The number of rotatable bonds is 9. The van der Waals surface area contributed by atoms with Gasteiger partial charge >= 0.3 is 0 Å². The molecule has 0 amide bonds. The Kier molecular flexibility index (Phi) is 8.08. The molecule has 1 N–H and O–H groups in total. The summed E-state index contributed by atoms with van der Waals surface area (Å²) in [6, 6.07) is 8.98. The fourth-order valence-electron chi connectivity index (χ4n) is 2.35. The second-order valence-corrected chi connectivity index (χ2v) is 7.32.